The zero-order chi connectivity index (χ0) is 19.1. The van der Waals surface area contributed by atoms with Crippen molar-refractivity contribution < 1.29 is 23.9 Å². The van der Waals surface area contributed by atoms with Crippen LogP contribution in [0.25, 0.3) is 0 Å². The number of esters is 1. The Kier molecular flexibility index (Phi) is 13.5. The van der Waals surface area contributed by atoms with Gasteiger partial charge in [0.25, 0.3) is 0 Å². The van der Waals surface area contributed by atoms with Crippen LogP contribution in [0.15, 0.2) is 0 Å². The van der Waals surface area contributed by atoms with Gasteiger partial charge in [-0.05, 0) is 6.42 Å². The lowest BCUT2D eigenvalue weighted by atomic mass is 10.1. The highest BCUT2D eigenvalue weighted by Crippen LogP contribution is 2.12. The molecular formula is C20H39NO4. The first-order valence-corrected chi connectivity index (χ1v) is 9.94. The second-order valence-corrected chi connectivity index (χ2v) is 8.09. The van der Waals surface area contributed by atoms with E-state index in [4.69, 9.17) is 4.74 Å². The van der Waals surface area contributed by atoms with Gasteiger partial charge in [-0.15, -0.1) is 0 Å². The van der Waals surface area contributed by atoms with Crippen molar-refractivity contribution in [1.29, 1.82) is 0 Å². The normalized spacial score (nSPS) is 12.8. The standard InChI is InChI=1S/C20H39NO4/c1-5-6-7-8-9-10-11-12-13-14-15-20(24)25-18(16-19(22)23)17-21(2,3)4/h18H,5-17H2,1-4H3/t18-/m1/s1. The van der Waals surface area contributed by atoms with E-state index in [1.807, 2.05) is 21.1 Å². The molecule has 25 heavy (non-hydrogen) atoms. The lowest BCUT2D eigenvalue weighted by Crippen LogP contribution is -2.45. The van der Waals surface area contributed by atoms with Gasteiger partial charge in [-0.25, -0.2) is 0 Å². The Hall–Kier alpha value is -1.10. The van der Waals surface area contributed by atoms with E-state index in [0.29, 0.717) is 17.4 Å². The molecule has 0 N–H and O–H groups in total. The first-order chi connectivity index (χ1) is 11.7. The Labute approximate surface area is 154 Å². The highest BCUT2D eigenvalue weighted by atomic mass is 16.5. The van der Waals surface area contributed by atoms with Crippen LogP contribution in [-0.2, 0) is 14.3 Å². The molecule has 0 bridgehead atoms. The SMILES string of the molecule is CCCCCCCCCCCCC(=O)O[C@H](CC(=O)[O-])C[N+](C)(C)C. The summed E-state index contributed by atoms with van der Waals surface area (Å²) in [6.07, 6.45) is 11.7. The van der Waals surface area contributed by atoms with Gasteiger partial charge in [0.2, 0.25) is 0 Å². The van der Waals surface area contributed by atoms with Crippen molar-refractivity contribution in [2.45, 2.75) is 90.1 Å². The van der Waals surface area contributed by atoms with Crippen LogP contribution in [0.1, 0.15) is 84.0 Å². The lowest BCUT2D eigenvalue weighted by molar-refractivity contribution is -0.873. The largest absolute Gasteiger partial charge is 0.550 e. The molecule has 0 aromatic carbocycles. The minimum Gasteiger partial charge on any atom is -0.550 e. The molecule has 0 aliphatic carbocycles. The molecule has 0 heterocycles. The fourth-order valence-corrected chi connectivity index (χ4v) is 2.94. The summed E-state index contributed by atoms with van der Waals surface area (Å²) in [5.41, 5.74) is 0. The summed E-state index contributed by atoms with van der Waals surface area (Å²) in [4.78, 5) is 22.7. The van der Waals surface area contributed by atoms with Gasteiger partial charge in [-0.1, -0.05) is 64.7 Å². The Morgan fingerprint density at radius 3 is 1.80 bits per heavy atom. The number of hydrogen-bond donors (Lipinski definition) is 0. The predicted octanol–water partition coefficient (Wildman–Crippen LogP) is 3.06. The smallest absolute Gasteiger partial charge is 0.306 e. The molecular weight excluding hydrogens is 318 g/mol. The number of unbranched alkanes of at least 4 members (excludes halogenated alkanes) is 9. The Morgan fingerprint density at radius 2 is 1.36 bits per heavy atom. The van der Waals surface area contributed by atoms with Crippen LogP contribution in [0.3, 0.4) is 0 Å². The number of hydrogen-bond acceptors (Lipinski definition) is 4. The van der Waals surface area contributed by atoms with Gasteiger partial charge in [-0.2, -0.15) is 0 Å². The molecule has 0 aliphatic heterocycles. The van der Waals surface area contributed by atoms with Gasteiger partial charge in [0.1, 0.15) is 6.54 Å². The van der Waals surface area contributed by atoms with Gasteiger partial charge in [0.15, 0.2) is 6.10 Å². The van der Waals surface area contributed by atoms with Crippen LogP contribution in [0, 0.1) is 0 Å². The van der Waals surface area contributed by atoms with Crippen molar-refractivity contribution in [1.82, 2.24) is 0 Å². The molecule has 148 valence electrons. The van der Waals surface area contributed by atoms with Gasteiger partial charge < -0.3 is 19.1 Å². The highest BCUT2D eigenvalue weighted by Gasteiger charge is 2.22. The van der Waals surface area contributed by atoms with Crippen molar-refractivity contribution in [3.05, 3.63) is 0 Å². The molecule has 0 unspecified atom stereocenters. The molecule has 0 radical (unpaired) electrons. The van der Waals surface area contributed by atoms with Crippen molar-refractivity contribution >= 4 is 11.9 Å². The molecule has 5 nitrogen and oxygen atoms in total. The van der Waals surface area contributed by atoms with Crippen LogP contribution in [0.2, 0.25) is 0 Å². The van der Waals surface area contributed by atoms with Crippen molar-refractivity contribution in [2.75, 3.05) is 27.7 Å². The summed E-state index contributed by atoms with van der Waals surface area (Å²) in [6, 6.07) is 0. The Bertz CT molecular complexity index is 363. The summed E-state index contributed by atoms with van der Waals surface area (Å²) in [6.45, 7) is 2.70. The van der Waals surface area contributed by atoms with Crippen LogP contribution in [0.5, 0.6) is 0 Å². The molecule has 0 aromatic rings. The Balaban J connectivity index is 3.77. The van der Waals surface area contributed by atoms with E-state index in [9.17, 15) is 14.7 Å². The average molecular weight is 358 g/mol. The zero-order valence-corrected chi connectivity index (χ0v) is 16.8. The summed E-state index contributed by atoms with van der Waals surface area (Å²) < 4.78 is 5.89. The van der Waals surface area contributed by atoms with Crippen LogP contribution in [0.4, 0.5) is 0 Å². The summed E-state index contributed by atoms with van der Waals surface area (Å²) in [5, 5.41) is 10.8. The number of aliphatic carboxylic acids is 1. The third kappa shape index (κ3) is 17.5. The first kappa shape index (κ1) is 23.9. The van der Waals surface area contributed by atoms with E-state index < -0.39 is 12.1 Å². The molecule has 0 aliphatic rings. The van der Waals surface area contributed by atoms with Gasteiger partial charge in [-0.3, -0.25) is 4.79 Å². The summed E-state index contributed by atoms with van der Waals surface area (Å²) >= 11 is 0. The van der Waals surface area contributed by atoms with Crippen LogP contribution >= 0.6 is 0 Å². The topological polar surface area (TPSA) is 66.4 Å². The number of likely N-dealkylation sites (N-methyl/N-ethyl adjacent to an activating group) is 1. The van der Waals surface area contributed by atoms with Crippen molar-refractivity contribution in [2.24, 2.45) is 0 Å². The molecule has 0 saturated heterocycles. The van der Waals surface area contributed by atoms with Crippen LogP contribution in [-0.4, -0.2) is 50.2 Å². The maximum atomic E-state index is 11.9. The molecule has 0 rings (SSSR count). The van der Waals surface area contributed by atoms with Crippen molar-refractivity contribution in [3.63, 3.8) is 0 Å². The number of carbonyl (C=O) groups excluding carboxylic acids is 2. The minimum atomic E-state index is -1.18. The quantitative estimate of drug-likeness (QED) is 0.242. The lowest BCUT2D eigenvalue weighted by Gasteiger charge is -2.29. The number of nitrogens with zero attached hydrogens (tertiary/aromatic N) is 1. The van der Waals surface area contributed by atoms with Gasteiger partial charge in [0.05, 0.1) is 21.1 Å². The molecule has 0 aromatic heterocycles. The van der Waals surface area contributed by atoms with Gasteiger partial charge in [0, 0.05) is 18.8 Å². The molecule has 0 spiro atoms. The van der Waals surface area contributed by atoms with E-state index >= 15 is 0 Å². The number of quaternary nitrogens is 1. The number of carboxylic acid groups (broad SMARTS) is 1. The molecule has 0 fully saturated rings. The number of carbonyl (C=O) groups is 2. The van der Waals surface area contributed by atoms with E-state index in [1.165, 1.54) is 44.9 Å². The Morgan fingerprint density at radius 1 is 0.880 bits per heavy atom. The summed E-state index contributed by atoms with van der Waals surface area (Å²) in [5.74, 6) is -1.47. The monoisotopic (exact) mass is 357 g/mol. The maximum absolute atomic E-state index is 11.9. The second kappa shape index (κ2) is 14.1. The van der Waals surface area contributed by atoms with E-state index in [0.717, 1.165) is 19.3 Å². The van der Waals surface area contributed by atoms with Crippen LogP contribution < -0.4 is 5.11 Å². The second-order valence-electron chi connectivity index (χ2n) is 8.09. The molecule has 1 atom stereocenters. The summed E-state index contributed by atoms with van der Waals surface area (Å²) in [7, 11) is 5.83. The molecule has 0 amide bonds. The number of rotatable bonds is 16. The van der Waals surface area contributed by atoms with Gasteiger partial charge >= 0.3 is 5.97 Å². The maximum Gasteiger partial charge on any atom is 0.306 e. The highest BCUT2D eigenvalue weighted by molar-refractivity contribution is 5.70. The third-order valence-corrected chi connectivity index (χ3v) is 4.18. The van der Waals surface area contributed by atoms with E-state index in [2.05, 4.69) is 6.92 Å². The van der Waals surface area contributed by atoms with E-state index in [-0.39, 0.29) is 12.4 Å². The fraction of sp³-hybridized carbons (Fsp3) is 0.900. The molecule has 5 heteroatoms. The average Bonchev–Trinajstić information content (AvgIpc) is 2.46. The predicted molar refractivity (Wildman–Crippen MR) is 98.9 cm³/mol. The fourth-order valence-electron chi connectivity index (χ4n) is 2.94. The number of ether oxygens (including phenoxy) is 1. The minimum absolute atomic E-state index is 0.237. The van der Waals surface area contributed by atoms with Crippen molar-refractivity contribution in [3.8, 4) is 0 Å². The third-order valence-electron chi connectivity index (χ3n) is 4.18. The zero-order valence-electron chi connectivity index (χ0n) is 16.8. The first-order valence-electron chi connectivity index (χ1n) is 9.94. The van der Waals surface area contributed by atoms with E-state index in [1.54, 1.807) is 0 Å². The molecule has 0 saturated carbocycles. The number of carboxylic acids is 1.